The minimum Gasteiger partial charge on any atom is -0.395 e. The first-order chi connectivity index (χ1) is 9.81. The molecule has 0 spiro atoms. The molecule has 0 aliphatic rings. The third kappa shape index (κ3) is 15.5. The molecule has 0 aromatic rings. The lowest BCUT2D eigenvalue weighted by molar-refractivity contribution is 0.257. The molecule has 0 aliphatic carbocycles. The van der Waals surface area contributed by atoms with Gasteiger partial charge in [-0.1, -0.05) is 63.3 Å². The van der Waals surface area contributed by atoms with E-state index >= 15 is 0 Å². The summed E-state index contributed by atoms with van der Waals surface area (Å²) >= 11 is 0. The first kappa shape index (κ1) is 19.4. The highest BCUT2D eigenvalue weighted by atomic mass is 16.3. The van der Waals surface area contributed by atoms with E-state index in [0.29, 0.717) is 0 Å². The van der Waals surface area contributed by atoms with Crippen LogP contribution in [0.1, 0.15) is 77.6 Å². The lowest BCUT2D eigenvalue weighted by atomic mass is 10.1. The van der Waals surface area contributed by atoms with E-state index in [9.17, 15) is 0 Å². The van der Waals surface area contributed by atoms with Crippen LogP contribution in [0.4, 0.5) is 0 Å². The summed E-state index contributed by atoms with van der Waals surface area (Å²) in [7, 11) is 0. The van der Waals surface area contributed by atoms with E-state index in [2.05, 4.69) is 31.2 Å². The van der Waals surface area contributed by atoms with Crippen molar-refractivity contribution in [3.63, 3.8) is 0 Å². The molecule has 118 valence electrons. The van der Waals surface area contributed by atoms with Gasteiger partial charge >= 0.3 is 0 Å². The highest BCUT2D eigenvalue weighted by molar-refractivity contribution is 4.92. The van der Waals surface area contributed by atoms with Crippen molar-refractivity contribution in [2.75, 3.05) is 6.61 Å². The second-order valence-electron chi connectivity index (χ2n) is 5.61. The van der Waals surface area contributed by atoms with E-state index in [-0.39, 0.29) is 12.6 Å². The first-order valence-electron chi connectivity index (χ1n) is 8.47. The highest BCUT2D eigenvalue weighted by Crippen LogP contribution is 2.07. The van der Waals surface area contributed by atoms with E-state index in [0.717, 1.165) is 19.3 Å². The molecule has 0 aromatic heterocycles. The van der Waals surface area contributed by atoms with Gasteiger partial charge in [0.05, 0.1) is 6.61 Å². The van der Waals surface area contributed by atoms with Crippen LogP contribution in [0.2, 0.25) is 0 Å². The van der Waals surface area contributed by atoms with Gasteiger partial charge in [-0.05, 0) is 38.5 Å². The van der Waals surface area contributed by atoms with Crippen LogP contribution in [0.3, 0.4) is 0 Å². The van der Waals surface area contributed by atoms with Gasteiger partial charge in [0.1, 0.15) is 0 Å². The van der Waals surface area contributed by atoms with Gasteiger partial charge in [-0.25, -0.2) is 0 Å². The average molecular weight is 281 g/mol. The Hall–Kier alpha value is -0.600. The maximum atomic E-state index is 8.80. The van der Waals surface area contributed by atoms with Gasteiger partial charge in [-0.3, -0.25) is 0 Å². The van der Waals surface area contributed by atoms with Crippen molar-refractivity contribution >= 4 is 0 Å². The summed E-state index contributed by atoms with van der Waals surface area (Å²) in [5.74, 6) is 0. The molecule has 3 N–H and O–H groups in total. The van der Waals surface area contributed by atoms with Gasteiger partial charge in [0, 0.05) is 6.04 Å². The van der Waals surface area contributed by atoms with Crippen LogP contribution < -0.4 is 5.73 Å². The lowest BCUT2D eigenvalue weighted by Crippen LogP contribution is -2.23. The largest absolute Gasteiger partial charge is 0.395 e. The fraction of sp³-hybridized carbons (Fsp3) is 0.778. The van der Waals surface area contributed by atoms with Crippen LogP contribution in [0.5, 0.6) is 0 Å². The maximum Gasteiger partial charge on any atom is 0.0582 e. The zero-order chi connectivity index (χ0) is 14.9. The summed E-state index contributed by atoms with van der Waals surface area (Å²) in [6, 6.07) is -0.0148. The second-order valence-corrected chi connectivity index (χ2v) is 5.61. The van der Waals surface area contributed by atoms with Gasteiger partial charge in [0.25, 0.3) is 0 Å². The molecule has 2 nitrogen and oxygen atoms in total. The lowest BCUT2D eigenvalue weighted by Gasteiger charge is -2.06. The predicted octanol–water partition coefficient (Wildman–Crippen LogP) is 4.73. The molecule has 20 heavy (non-hydrogen) atoms. The van der Waals surface area contributed by atoms with Crippen molar-refractivity contribution in [2.24, 2.45) is 5.73 Å². The van der Waals surface area contributed by atoms with E-state index in [1.54, 1.807) is 0 Å². The summed E-state index contributed by atoms with van der Waals surface area (Å²) in [6.07, 6.45) is 22.5. The Balaban J connectivity index is 3.19. The molecule has 1 atom stereocenters. The summed E-state index contributed by atoms with van der Waals surface area (Å²) in [5.41, 5.74) is 5.65. The summed E-state index contributed by atoms with van der Waals surface area (Å²) in [4.78, 5) is 0. The third-order valence-electron chi connectivity index (χ3n) is 3.51. The standard InChI is InChI=1S/C18H35NO/c1-2-3-4-5-6-7-8-9-10-11-12-13-14-15-16-18(19)17-20/h6-7,9-10,18,20H,2-5,8,11-17,19H2,1H3/b7-6-,10-9-/t18-/m1/s1. The van der Waals surface area contributed by atoms with Crippen LogP contribution >= 0.6 is 0 Å². The molecule has 0 bridgehead atoms. The number of hydrogen-bond donors (Lipinski definition) is 2. The Morgan fingerprint density at radius 3 is 2.05 bits per heavy atom. The van der Waals surface area contributed by atoms with Crippen molar-refractivity contribution in [3.05, 3.63) is 24.3 Å². The summed E-state index contributed by atoms with van der Waals surface area (Å²) in [5, 5.41) is 8.80. The minimum absolute atomic E-state index is 0.0148. The van der Waals surface area contributed by atoms with Gasteiger partial charge < -0.3 is 10.8 Å². The Kier molecular flexibility index (Phi) is 16.0. The molecule has 0 radical (unpaired) electrons. The topological polar surface area (TPSA) is 46.2 Å². The maximum absolute atomic E-state index is 8.80. The van der Waals surface area contributed by atoms with E-state index < -0.39 is 0 Å². The van der Waals surface area contributed by atoms with Gasteiger partial charge in [0.2, 0.25) is 0 Å². The molecule has 0 heterocycles. The van der Waals surface area contributed by atoms with Crippen molar-refractivity contribution in [3.8, 4) is 0 Å². The van der Waals surface area contributed by atoms with Crippen LogP contribution in [0.25, 0.3) is 0 Å². The van der Waals surface area contributed by atoms with Crippen LogP contribution in [0.15, 0.2) is 24.3 Å². The second kappa shape index (κ2) is 16.5. The number of nitrogens with two attached hydrogens (primary N) is 1. The summed E-state index contributed by atoms with van der Waals surface area (Å²) < 4.78 is 0. The Morgan fingerprint density at radius 2 is 1.45 bits per heavy atom. The fourth-order valence-electron chi connectivity index (χ4n) is 2.13. The monoisotopic (exact) mass is 281 g/mol. The molecule has 0 fully saturated rings. The van der Waals surface area contributed by atoms with E-state index in [1.807, 2.05) is 0 Å². The highest BCUT2D eigenvalue weighted by Gasteiger charge is 1.98. The number of aliphatic hydroxyl groups is 1. The normalized spacial score (nSPS) is 13.6. The molecule has 0 rings (SSSR count). The Morgan fingerprint density at radius 1 is 0.850 bits per heavy atom. The number of aliphatic hydroxyl groups excluding tert-OH is 1. The SMILES string of the molecule is CCCCC/C=C\C/C=C\CCCCCC[C@@H](N)CO. The zero-order valence-electron chi connectivity index (χ0n) is 13.4. The number of rotatable bonds is 14. The molecular formula is C18H35NO. The van der Waals surface area contributed by atoms with Gasteiger partial charge in [-0.15, -0.1) is 0 Å². The van der Waals surface area contributed by atoms with Crippen molar-refractivity contribution in [2.45, 2.75) is 83.6 Å². The Bertz CT molecular complexity index is 236. The van der Waals surface area contributed by atoms with Crippen molar-refractivity contribution in [1.29, 1.82) is 0 Å². The predicted molar refractivity (Wildman–Crippen MR) is 89.8 cm³/mol. The Labute approximate surface area is 126 Å². The average Bonchev–Trinajstić information content (AvgIpc) is 2.47. The third-order valence-corrected chi connectivity index (χ3v) is 3.51. The number of unbranched alkanes of at least 4 members (excludes halogenated alkanes) is 7. The summed E-state index contributed by atoms with van der Waals surface area (Å²) in [6.45, 7) is 2.36. The van der Waals surface area contributed by atoms with Gasteiger partial charge in [-0.2, -0.15) is 0 Å². The minimum atomic E-state index is -0.0148. The molecule has 0 saturated heterocycles. The fourth-order valence-corrected chi connectivity index (χ4v) is 2.13. The smallest absolute Gasteiger partial charge is 0.0582 e. The molecule has 0 aromatic carbocycles. The van der Waals surface area contributed by atoms with Crippen LogP contribution in [-0.4, -0.2) is 17.8 Å². The van der Waals surface area contributed by atoms with Gasteiger partial charge in [0.15, 0.2) is 0 Å². The van der Waals surface area contributed by atoms with Crippen molar-refractivity contribution < 1.29 is 5.11 Å². The quantitative estimate of drug-likeness (QED) is 0.357. The molecule has 0 saturated carbocycles. The molecule has 0 amide bonds. The molecular weight excluding hydrogens is 246 g/mol. The number of hydrogen-bond acceptors (Lipinski definition) is 2. The molecule has 0 unspecified atom stereocenters. The molecule has 0 aliphatic heterocycles. The number of allylic oxidation sites excluding steroid dienone is 4. The molecule has 2 heteroatoms. The van der Waals surface area contributed by atoms with Crippen molar-refractivity contribution in [1.82, 2.24) is 0 Å². The van der Waals surface area contributed by atoms with E-state index in [1.165, 1.54) is 51.4 Å². The zero-order valence-corrected chi connectivity index (χ0v) is 13.4. The van der Waals surface area contributed by atoms with E-state index in [4.69, 9.17) is 10.8 Å². The first-order valence-corrected chi connectivity index (χ1v) is 8.47. The van der Waals surface area contributed by atoms with Crippen LogP contribution in [-0.2, 0) is 0 Å². The van der Waals surface area contributed by atoms with Crippen LogP contribution in [0, 0.1) is 0 Å².